The Bertz CT molecular complexity index is 313. The lowest BCUT2D eigenvalue weighted by Gasteiger charge is -2.15. The largest absolute Gasteiger partial charge is 0.130 e. The summed E-state index contributed by atoms with van der Waals surface area (Å²) in [6, 6.07) is 1.98. The molecule has 0 saturated heterocycles. The van der Waals surface area contributed by atoms with E-state index in [0.717, 1.165) is 14.7 Å². The van der Waals surface area contributed by atoms with Crippen molar-refractivity contribution in [1.82, 2.24) is 0 Å². The summed E-state index contributed by atoms with van der Waals surface area (Å²) in [5.41, 5.74) is 0. The van der Waals surface area contributed by atoms with Gasteiger partial charge in [-0.05, 0) is 46.7 Å². The van der Waals surface area contributed by atoms with Crippen LogP contribution in [0.15, 0.2) is 9.85 Å². The number of halogens is 3. The van der Waals surface area contributed by atoms with E-state index in [-0.39, 0.29) is 5.38 Å². The van der Waals surface area contributed by atoms with Gasteiger partial charge >= 0.3 is 0 Å². The molecule has 1 heterocycles. The van der Waals surface area contributed by atoms with Gasteiger partial charge < -0.3 is 0 Å². The van der Waals surface area contributed by atoms with Gasteiger partial charge in [-0.1, -0.05) is 18.5 Å². The first-order valence-corrected chi connectivity index (χ1v) is 7.10. The summed E-state index contributed by atoms with van der Waals surface area (Å²) in [5.74, 6) is 1.40. The standard InChI is InChI=1S/C10H11BrCl2S/c1-5(6-2-3-6)9(13)8-4-7(12)10(11)14-8/h4-6,9H,2-3H2,1H3. The quantitative estimate of drug-likeness (QED) is 0.647. The summed E-state index contributed by atoms with van der Waals surface area (Å²) in [6.07, 6.45) is 2.68. The van der Waals surface area contributed by atoms with E-state index in [0.29, 0.717) is 5.92 Å². The molecule has 1 aliphatic rings. The van der Waals surface area contributed by atoms with Gasteiger partial charge in [0.1, 0.15) is 0 Å². The van der Waals surface area contributed by atoms with Crippen molar-refractivity contribution in [3.63, 3.8) is 0 Å². The van der Waals surface area contributed by atoms with Gasteiger partial charge in [0.05, 0.1) is 14.2 Å². The highest BCUT2D eigenvalue weighted by Gasteiger charge is 2.33. The third-order valence-corrected chi connectivity index (χ3v) is 6.08. The molecule has 0 spiro atoms. The van der Waals surface area contributed by atoms with Gasteiger partial charge in [0, 0.05) is 4.88 Å². The predicted molar refractivity (Wildman–Crippen MR) is 67.5 cm³/mol. The number of hydrogen-bond donors (Lipinski definition) is 0. The molecule has 1 aliphatic carbocycles. The Morgan fingerprint density at radius 3 is 2.64 bits per heavy atom. The zero-order valence-electron chi connectivity index (χ0n) is 7.77. The van der Waals surface area contributed by atoms with Crippen molar-refractivity contribution in [3.05, 3.63) is 19.8 Å². The van der Waals surface area contributed by atoms with Gasteiger partial charge in [-0.3, -0.25) is 0 Å². The van der Waals surface area contributed by atoms with E-state index in [2.05, 4.69) is 22.9 Å². The summed E-state index contributed by atoms with van der Waals surface area (Å²) in [7, 11) is 0. The van der Waals surface area contributed by atoms with E-state index in [4.69, 9.17) is 23.2 Å². The summed E-state index contributed by atoms with van der Waals surface area (Å²) >= 11 is 17.4. The highest BCUT2D eigenvalue weighted by atomic mass is 79.9. The van der Waals surface area contributed by atoms with Crippen molar-refractivity contribution in [2.24, 2.45) is 11.8 Å². The highest BCUT2D eigenvalue weighted by Crippen LogP contribution is 2.48. The minimum atomic E-state index is 0.122. The monoisotopic (exact) mass is 312 g/mol. The molecule has 0 amide bonds. The lowest BCUT2D eigenvalue weighted by Crippen LogP contribution is -2.04. The van der Waals surface area contributed by atoms with Crippen LogP contribution >= 0.6 is 50.5 Å². The number of alkyl halides is 1. The summed E-state index contributed by atoms with van der Waals surface area (Å²) in [6.45, 7) is 2.23. The summed E-state index contributed by atoms with van der Waals surface area (Å²) in [5, 5.41) is 0.898. The van der Waals surface area contributed by atoms with Gasteiger partial charge in [-0.25, -0.2) is 0 Å². The zero-order valence-corrected chi connectivity index (χ0v) is 11.7. The molecule has 1 fully saturated rings. The molecule has 2 atom stereocenters. The molecule has 2 rings (SSSR count). The van der Waals surface area contributed by atoms with E-state index >= 15 is 0 Å². The van der Waals surface area contributed by atoms with E-state index in [9.17, 15) is 0 Å². The van der Waals surface area contributed by atoms with Crippen molar-refractivity contribution in [3.8, 4) is 0 Å². The first-order valence-electron chi connectivity index (χ1n) is 4.68. The molecule has 2 unspecified atom stereocenters. The van der Waals surface area contributed by atoms with E-state index in [1.165, 1.54) is 17.7 Å². The minimum Gasteiger partial charge on any atom is -0.130 e. The van der Waals surface area contributed by atoms with Crippen molar-refractivity contribution in [2.75, 3.05) is 0 Å². The SMILES string of the molecule is CC(C1CC1)C(Cl)c1cc(Cl)c(Br)s1. The molecule has 0 radical (unpaired) electrons. The molecule has 0 aromatic carbocycles. The Hall–Kier alpha value is 0.760. The molecule has 0 aliphatic heterocycles. The molecule has 78 valence electrons. The second kappa shape index (κ2) is 4.32. The first-order chi connectivity index (χ1) is 6.59. The molecular weight excluding hydrogens is 303 g/mol. The topological polar surface area (TPSA) is 0 Å². The van der Waals surface area contributed by atoms with Crippen LogP contribution in [0.5, 0.6) is 0 Å². The van der Waals surface area contributed by atoms with Gasteiger partial charge in [0.25, 0.3) is 0 Å². The second-order valence-corrected chi connectivity index (χ2v) is 7.15. The van der Waals surface area contributed by atoms with E-state index < -0.39 is 0 Å². The fraction of sp³-hybridized carbons (Fsp3) is 0.600. The number of hydrogen-bond acceptors (Lipinski definition) is 1. The molecule has 1 aromatic rings. The Morgan fingerprint density at radius 2 is 2.21 bits per heavy atom. The zero-order chi connectivity index (χ0) is 10.3. The van der Waals surface area contributed by atoms with Crippen molar-refractivity contribution in [2.45, 2.75) is 25.1 Å². The Labute approximate surface area is 107 Å². The van der Waals surface area contributed by atoms with Crippen LogP contribution in [0.25, 0.3) is 0 Å². The van der Waals surface area contributed by atoms with Crippen LogP contribution in [-0.2, 0) is 0 Å². The average molecular weight is 314 g/mol. The average Bonchev–Trinajstić information content (AvgIpc) is 2.93. The van der Waals surface area contributed by atoms with Crippen LogP contribution in [0.4, 0.5) is 0 Å². The van der Waals surface area contributed by atoms with Crippen LogP contribution in [0, 0.1) is 11.8 Å². The third kappa shape index (κ3) is 2.29. The Kier molecular flexibility index (Phi) is 3.48. The molecular formula is C10H11BrCl2S. The fourth-order valence-electron chi connectivity index (χ4n) is 1.62. The first kappa shape index (κ1) is 11.3. The second-order valence-electron chi connectivity index (χ2n) is 3.87. The number of thiophene rings is 1. The van der Waals surface area contributed by atoms with Crippen molar-refractivity contribution in [1.29, 1.82) is 0 Å². The fourth-order valence-corrected chi connectivity index (χ4v) is 3.86. The maximum atomic E-state index is 6.41. The van der Waals surface area contributed by atoms with Crippen LogP contribution < -0.4 is 0 Å². The van der Waals surface area contributed by atoms with Gasteiger partial charge in [-0.15, -0.1) is 22.9 Å². The van der Waals surface area contributed by atoms with E-state index in [1.807, 2.05) is 6.07 Å². The smallest absolute Gasteiger partial charge is 0.0887 e. The van der Waals surface area contributed by atoms with Crippen molar-refractivity contribution < 1.29 is 0 Å². The third-order valence-electron chi connectivity index (χ3n) is 2.76. The molecule has 0 nitrogen and oxygen atoms in total. The van der Waals surface area contributed by atoms with Gasteiger partial charge in [0.2, 0.25) is 0 Å². The predicted octanol–water partition coefficient (Wildman–Crippen LogP) is 5.49. The minimum absolute atomic E-state index is 0.122. The Balaban J connectivity index is 2.13. The molecule has 0 bridgehead atoms. The van der Waals surface area contributed by atoms with Gasteiger partial charge in [0.15, 0.2) is 0 Å². The maximum Gasteiger partial charge on any atom is 0.0887 e. The molecule has 1 aromatic heterocycles. The summed E-state index contributed by atoms with van der Waals surface area (Å²) < 4.78 is 0.989. The normalized spacial score (nSPS) is 20.9. The maximum absolute atomic E-state index is 6.41. The van der Waals surface area contributed by atoms with E-state index in [1.54, 1.807) is 11.3 Å². The Morgan fingerprint density at radius 1 is 1.57 bits per heavy atom. The van der Waals surface area contributed by atoms with Gasteiger partial charge in [-0.2, -0.15) is 0 Å². The lowest BCUT2D eigenvalue weighted by atomic mass is 10.0. The van der Waals surface area contributed by atoms with Crippen LogP contribution in [-0.4, -0.2) is 0 Å². The van der Waals surface area contributed by atoms with Crippen LogP contribution in [0.3, 0.4) is 0 Å². The summed E-state index contributed by atoms with van der Waals surface area (Å²) in [4.78, 5) is 1.18. The molecule has 1 saturated carbocycles. The highest BCUT2D eigenvalue weighted by molar-refractivity contribution is 9.11. The molecule has 14 heavy (non-hydrogen) atoms. The van der Waals surface area contributed by atoms with Crippen molar-refractivity contribution >= 4 is 50.5 Å². The lowest BCUT2D eigenvalue weighted by molar-refractivity contribution is 0.495. The molecule has 4 heteroatoms. The van der Waals surface area contributed by atoms with Crippen LogP contribution in [0.2, 0.25) is 5.02 Å². The van der Waals surface area contributed by atoms with Crippen LogP contribution in [0.1, 0.15) is 30.0 Å². The molecule has 0 N–H and O–H groups in total. The number of rotatable bonds is 3.